The van der Waals surface area contributed by atoms with Crippen LogP contribution in [-0.4, -0.2) is 36.8 Å². The van der Waals surface area contributed by atoms with Crippen LogP contribution in [0.25, 0.3) is 16.7 Å². The Labute approximate surface area is 192 Å². The maximum Gasteiger partial charge on any atom is 0.450 e. The predicted octanol–water partition coefficient (Wildman–Crippen LogP) is 5.32. The van der Waals surface area contributed by atoms with Crippen LogP contribution in [0.2, 0.25) is 0 Å². The third kappa shape index (κ3) is 4.34. The molecule has 3 aromatic carbocycles. The summed E-state index contributed by atoms with van der Waals surface area (Å²) in [6.45, 7) is 0. The highest BCUT2D eigenvalue weighted by Gasteiger charge is 2.38. The van der Waals surface area contributed by atoms with Gasteiger partial charge >= 0.3 is 6.18 Å². The van der Waals surface area contributed by atoms with Crippen molar-refractivity contribution in [3.63, 3.8) is 0 Å². The quantitative estimate of drug-likeness (QED) is 0.412. The summed E-state index contributed by atoms with van der Waals surface area (Å²) in [5.41, 5.74) is 1.29. The number of nitrogens with one attached hydrogen (secondary N) is 1. The molecule has 4 aromatic rings. The summed E-state index contributed by atoms with van der Waals surface area (Å²) in [6.07, 6.45) is -4.68. The number of methoxy groups -OCH3 is 3. The van der Waals surface area contributed by atoms with Crippen LogP contribution in [0.4, 0.5) is 18.9 Å². The number of rotatable bonds is 6. The van der Waals surface area contributed by atoms with E-state index in [0.29, 0.717) is 22.9 Å². The van der Waals surface area contributed by atoms with Gasteiger partial charge in [-0.3, -0.25) is 9.36 Å². The summed E-state index contributed by atoms with van der Waals surface area (Å²) in [4.78, 5) is 16.6. The molecule has 0 fully saturated rings. The topological polar surface area (TPSA) is 74.6 Å². The van der Waals surface area contributed by atoms with Gasteiger partial charge in [0, 0.05) is 17.4 Å². The standard InChI is InChI=1S/C24H20F3N3O4/c1-32-16-9-11-21(34-3)18(12-16)22(31)28-14-4-6-15(7-5-14)30-20-10-8-17(33-2)13-19(20)29-23(30)24(25,26)27/h4-13H,1-3H3,(H,28,31). The minimum atomic E-state index is -4.68. The molecule has 0 aliphatic carbocycles. The number of anilines is 1. The van der Waals surface area contributed by atoms with Gasteiger partial charge in [-0.1, -0.05) is 0 Å². The minimum absolute atomic E-state index is 0.147. The average Bonchev–Trinajstić information content (AvgIpc) is 3.23. The summed E-state index contributed by atoms with van der Waals surface area (Å²) in [5, 5.41) is 2.72. The van der Waals surface area contributed by atoms with E-state index in [1.807, 2.05) is 0 Å². The molecule has 4 rings (SSSR count). The number of hydrogen-bond donors (Lipinski definition) is 1. The Balaban J connectivity index is 1.68. The SMILES string of the molecule is COc1ccc(OC)c(C(=O)Nc2ccc(-n3c(C(F)(F)F)nc4cc(OC)ccc43)cc2)c1. The molecule has 0 saturated carbocycles. The first-order valence-electron chi connectivity index (χ1n) is 10.0. The molecule has 176 valence electrons. The molecule has 1 aromatic heterocycles. The molecule has 1 N–H and O–H groups in total. The lowest BCUT2D eigenvalue weighted by atomic mass is 10.1. The van der Waals surface area contributed by atoms with Crippen LogP contribution in [0.1, 0.15) is 16.2 Å². The van der Waals surface area contributed by atoms with E-state index in [0.717, 1.165) is 4.57 Å². The number of ether oxygens (including phenoxy) is 3. The van der Waals surface area contributed by atoms with E-state index in [4.69, 9.17) is 14.2 Å². The van der Waals surface area contributed by atoms with Gasteiger partial charge in [0.1, 0.15) is 17.2 Å². The highest BCUT2D eigenvalue weighted by molar-refractivity contribution is 6.06. The highest BCUT2D eigenvalue weighted by Crippen LogP contribution is 2.35. The van der Waals surface area contributed by atoms with E-state index in [9.17, 15) is 18.0 Å². The highest BCUT2D eigenvalue weighted by atomic mass is 19.4. The average molecular weight is 471 g/mol. The number of imidazole rings is 1. The van der Waals surface area contributed by atoms with Crippen molar-refractivity contribution < 1.29 is 32.2 Å². The van der Waals surface area contributed by atoms with Crippen LogP contribution in [-0.2, 0) is 6.18 Å². The number of aromatic nitrogens is 2. The predicted molar refractivity (Wildman–Crippen MR) is 120 cm³/mol. The van der Waals surface area contributed by atoms with Gasteiger partial charge in [-0.05, 0) is 54.6 Å². The fourth-order valence-corrected chi connectivity index (χ4v) is 3.52. The van der Waals surface area contributed by atoms with E-state index in [1.54, 1.807) is 18.2 Å². The molecule has 0 radical (unpaired) electrons. The number of carbonyl (C=O) groups excluding carboxylic acids is 1. The molecule has 0 unspecified atom stereocenters. The van der Waals surface area contributed by atoms with Gasteiger partial charge in [0.15, 0.2) is 0 Å². The Hall–Kier alpha value is -4.21. The molecule has 1 heterocycles. The smallest absolute Gasteiger partial charge is 0.450 e. The lowest BCUT2D eigenvalue weighted by Gasteiger charge is -2.13. The van der Waals surface area contributed by atoms with E-state index in [2.05, 4.69) is 10.3 Å². The fourth-order valence-electron chi connectivity index (χ4n) is 3.52. The molecule has 7 nitrogen and oxygen atoms in total. The minimum Gasteiger partial charge on any atom is -0.497 e. The second kappa shape index (κ2) is 8.97. The number of fused-ring (bicyclic) bond motifs is 1. The third-order valence-electron chi connectivity index (χ3n) is 5.15. The van der Waals surface area contributed by atoms with E-state index in [1.165, 1.54) is 63.8 Å². The van der Waals surface area contributed by atoms with Crippen LogP contribution < -0.4 is 19.5 Å². The second-order valence-corrected chi connectivity index (χ2v) is 7.19. The number of amides is 1. The van der Waals surface area contributed by atoms with Crippen molar-refractivity contribution in [2.75, 3.05) is 26.6 Å². The molecule has 0 aliphatic rings. The molecule has 34 heavy (non-hydrogen) atoms. The van der Waals surface area contributed by atoms with Crippen molar-refractivity contribution in [1.82, 2.24) is 9.55 Å². The van der Waals surface area contributed by atoms with Crippen LogP contribution in [0, 0.1) is 0 Å². The summed E-state index contributed by atoms with van der Waals surface area (Å²) < 4.78 is 57.7. The van der Waals surface area contributed by atoms with Crippen molar-refractivity contribution >= 4 is 22.6 Å². The summed E-state index contributed by atoms with van der Waals surface area (Å²) in [6, 6.07) is 15.3. The number of halogens is 3. The van der Waals surface area contributed by atoms with Gasteiger partial charge in [-0.25, -0.2) is 4.98 Å². The first kappa shape index (κ1) is 23.0. The van der Waals surface area contributed by atoms with Crippen LogP contribution in [0.15, 0.2) is 60.7 Å². The second-order valence-electron chi connectivity index (χ2n) is 7.19. The van der Waals surface area contributed by atoms with E-state index < -0.39 is 17.9 Å². The third-order valence-corrected chi connectivity index (χ3v) is 5.15. The Morgan fingerprint density at radius 1 is 0.882 bits per heavy atom. The van der Waals surface area contributed by atoms with Gasteiger partial charge in [0.05, 0.1) is 37.9 Å². The van der Waals surface area contributed by atoms with Gasteiger partial charge in [0.25, 0.3) is 5.91 Å². The van der Waals surface area contributed by atoms with Crippen molar-refractivity contribution in [2.24, 2.45) is 0 Å². The maximum absolute atomic E-state index is 13.7. The summed E-state index contributed by atoms with van der Waals surface area (Å²) in [7, 11) is 4.35. The molecule has 1 amide bonds. The van der Waals surface area contributed by atoms with E-state index in [-0.39, 0.29) is 22.3 Å². The lowest BCUT2D eigenvalue weighted by Crippen LogP contribution is -2.15. The van der Waals surface area contributed by atoms with Crippen LogP contribution >= 0.6 is 0 Å². The number of carbonyl (C=O) groups is 1. The molecule has 0 saturated heterocycles. The number of alkyl halides is 3. The summed E-state index contributed by atoms with van der Waals surface area (Å²) in [5.74, 6) is -0.292. The molecular formula is C24H20F3N3O4. The Kier molecular flexibility index (Phi) is 6.06. The fraction of sp³-hybridized carbons (Fsp3) is 0.167. The molecule has 0 bridgehead atoms. The van der Waals surface area contributed by atoms with Gasteiger partial charge < -0.3 is 19.5 Å². The van der Waals surface area contributed by atoms with Crippen molar-refractivity contribution in [3.05, 3.63) is 72.1 Å². The molecular weight excluding hydrogens is 451 g/mol. The first-order chi connectivity index (χ1) is 16.2. The first-order valence-corrected chi connectivity index (χ1v) is 10.0. The number of hydrogen-bond acceptors (Lipinski definition) is 5. The van der Waals surface area contributed by atoms with Gasteiger partial charge in [0.2, 0.25) is 5.82 Å². The Morgan fingerprint density at radius 3 is 2.15 bits per heavy atom. The molecule has 0 atom stereocenters. The zero-order valence-corrected chi connectivity index (χ0v) is 18.4. The number of benzene rings is 3. The summed E-state index contributed by atoms with van der Waals surface area (Å²) >= 11 is 0. The van der Waals surface area contributed by atoms with Crippen LogP contribution in [0.3, 0.4) is 0 Å². The zero-order chi connectivity index (χ0) is 24.5. The van der Waals surface area contributed by atoms with Gasteiger partial charge in [-0.15, -0.1) is 0 Å². The molecule has 10 heteroatoms. The molecule has 0 spiro atoms. The van der Waals surface area contributed by atoms with E-state index >= 15 is 0 Å². The number of nitrogens with zero attached hydrogens (tertiary/aromatic N) is 2. The van der Waals surface area contributed by atoms with Crippen molar-refractivity contribution in [3.8, 4) is 22.9 Å². The largest absolute Gasteiger partial charge is 0.497 e. The maximum atomic E-state index is 13.7. The zero-order valence-electron chi connectivity index (χ0n) is 18.4. The van der Waals surface area contributed by atoms with Crippen molar-refractivity contribution in [1.29, 1.82) is 0 Å². The van der Waals surface area contributed by atoms with Crippen LogP contribution in [0.5, 0.6) is 17.2 Å². The lowest BCUT2D eigenvalue weighted by molar-refractivity contribution is -0.145. The molecule has 0 aliphatic heterocycles. The normalized spacial score (nSPS) is 11.4. The Bertz CT molecular complexity index is 1350. The van der Waals surface area contributed by atoms with Gasteiger partial charge in [-0.2, -0.15) is 13.2 Å². The van der Waals surface area contributed by atoms with Crippen molar-refractivity contribution in [2.45, 2.75) is 6.18 Å². The Morgan fingerprint density at radius 2 is 1.53 bits per heavy atom. The monoisotopic (exact) mass is 471 g/mol.